The first-order valence-corrected chi connectivity index (χ1v) is 5.88. The molecular weight excluding hydrogens is 224 g/mol. The summed E-state index contributed by atoms with van der Waals surface area (Å²) in [5.74, 6) is 0.724. The van der Waals surface area contributed by atoms with Crippen LogP contribution >= 0.6 is 11.6 Å². The van der Waals surface area contributed by atoms with Gasteiger partial charge in [-0.1, -0.05) is 25.4 Å². The van der Waals surface area contributed by atoms with E-state index in [1.54, 1.807) is 20.1 Å². The van der Waals surface area contributed by atoms with Gasteiger partial charge in [0.1, 0.15) is 5.75 Å². The summed E-state index contributed by atoms with van der Waals surface area (Å²) in [7, 11) is 1.60. The fraction of sp³-hybridized carbons (Fsp3) is 0.538. The molecule has 1 N–H and O–H groups in total. The van der Waals surface area contributed by atoms with Gasteiger partial charge < -0.3 is 9.84 Å². The molecule has 0 radical (unpaired) electrons. The average molecular weight is 245 g/mol. The summed E-state index contributed by atoms with van der Waals surface area (Å²) in [6.07, 6.45) is -0.568. The Labute approximate surface area is 103 Å². The van der Waals surface area contributed by atoms with E-state index in [0.29, 0.717) is 5.02 Å². The van der Waals surface area contributed by atoms with Gasteiger partial charge in [-0.3, -0.25) is 0 Å². The van der Waals surface area contributed by atoms with E-state index in [9.17, 15) is 5.11 Å². The van der Waals surface area contributed by atoms with Gasteiger partial charge in [-0.2, -0.15) is 0 Å². The molecule has 0 spiro atoms. The van der Waals surface area contributed by atoms with Crippen molar-refractivity contribution in [1.29, 1.82) is 0 Å². The summed E-state index contributed by atoms with van der Waals surface area (Å²) in [5, 5.41) is 10.2. The zero-order valence-corrected chi connectivity index (χ0v) is 11.6. The Balaban J connectivity index is 0.00000106. The number of hydrogen-bond acceptors (Lipinski definition) is 2. The second-order valence-corrected chi connectivity index (χ2v) is 3.81. The largest absolute Gasteiger partial charge is 0.496 e. The lowest BCUT2D eigenvalue weighted by atomic mass is 10.0. The van der Waals surface area contributed by atoms with Gasteiger partial charge >= 0.3 is 0 Å². The van der Waals surface area contributed by atoms with Crippen LogP contribution < -0.4 is 4.74 Å². The zero-order chi connectivity index (χ0) is 12.9. The zero-order valence-electron chi connectivity index (χ0n) is 10.9. The number of aliphatic hydroxyl groups excluding tert-OH is 1. The van der Waals surface area contributed by atoms with E-state index in [1.165, 1.54) is 0 Å². The lowest BCUT2D eigenvalue weighted by Gasteiger charge is -2.16. The molecule has 0 aliphatic rings. The van der Waals surface area contributed by atoms with Crippen LogP contribution in [-0.4, -0.2) is 12.2 Å². The van der Waals surface area contributed by atoms with Crippen molar-refractivity contribution in [2.75, 3.05) is 7.11 Å². The second-order valence-electron chi connectivity index (χ2n) is 3.41. The summed E-state index contributed by atoms with van der Waals surface area (Å²) in [6, 6.07) is 1.76. The molecule has 0 aliphatic carbocycles. The molecule has 1 aromatic rings. The van der Waals surface area contributed by atoms with E-state index < -0.39 is 6.10 Å². The molecule has 16 heavy (non-hydrogen) atoms. The van der Waals surface area contributed by atoms with Crippen molar-refractivity contribution in [3.05, 3.63) is 27.8 Å². The molecule has 1 unspecified atom stereocenters. The Morgan fingerprint density at radius 2 is 1.75 bits per heavy atom. The van der Waals surface area contributed by atoms with Gasteiger partial charge in [-0.05, 0) is 38.0 Å². The molecule has 0 saturated carbocycles. The number of aliphatic hydroxyl groups is 1. The van der Waals surface area contributed by atoms with Crippen molar-refractivity contribution >= 4 is 11.6 Å². The fourth-order valence-corrected chi connectivity index (χ4v) is 1.72. The van der Waals surface area contributed by atoms with Crippen molar-refractivity contribution < 1.29 is 9.84 Å². The molecule has 2 nitrogen and oxygen atoms in total. The van der Waals surface area contributed by atoms with Gasteiger partial charge in [0.05, 0.1) is 13.2 Å². The normalized spacial score (nSPS) is 11.5. The Hall–Kier alpha value is -0.730. The summed E-state index contributed by atoms with van der Waals surface area (Å²) in [5.41, 5.74) is 2.71. The Kier molecular flexibility index (Phi) is 6.46. The number of halogens is 1. The highest BCUT2D eigenvalue weighted by molar-refractivity contribution is 6.31. The first-order chi connectivity index (χ1) is 7.49. The molecule has 0 aliphatic heterocycles. The first kappa shape index (κ1) is 15.3. The van der Waals surface area contributed by atoms with Crippen molar-refractivity contribution in [1.82, 2.24) is 0 Å². The van der Waals surface area contributed by atoms with Crippen LogP contribution in [-0.2, 0) is 0 Å². The maximum Gasteiger partial charge on any atom is 0.127 e. The minimum Gasteiger partial charge on any atom is -0.496 e. The molecule has 3 heteroatoms. The Morgan fingerprint density at radius 3 is 2.12 bits per heavy atom. The van der Waals surface area contributed by atoms with Crippen LogP contribution in [0, 0.1) is 13.8 Å². The van der Waals surface area contributed by atoms with Crippen LogP contribution in [0.3, 0.4) is 0 Å². The molecule has 0 fully saturated rings. The summed E-state index contributed by atoms with van der Waals surface area (Å²) >= 11 is 6.03. The molecule has 1 atom stereocenters. The molecule has 0 bridgehead atoms. The monoisotopic (exact) mass is 244 g/mol. The molecule has 0 heterocycles. The van der Waals surface area contributed by atoms with E-state index in [1.807, 2.05) is 27.7 Å². The van der Waals surface area contributed by atoms with Crippen LogP contribution in [0.2, 0.25) is 5.02 Å². The highest BCUT2D eigenvalue weighted by Gasteiger charge is 2.15. The third-order valence-corrected chi connectivity index (χ3v) is 2.85. The summed E-state index contributed by atoms with van der Waals surface area (Å²) in [4.78, 5) is 0. The second kappa shape index (κ2) is 6.77. The highest BCUT2D eigenvalue weighted by atomic mass is 35.5. The molecule has 92 valence electrons. The van der Waals surface area contributed by atoms with E-state index >= 15 is 0 Å². The topological polar surface area (TPSA) is 29.5 Å². The number of methoxy groups -OCH3 is 1. The van der Waals surface area contributed by atoms with E-state index in [0.717, 1.165) is 22.4 Å². The number of hydrogen-bond donors (Lipinski definition) is 1. The van der Waals surface area contributed by atoms with E-state index in [-0.39, 0.29) is 0 Å². The van der Waals surface area contributed by atoms with Crippen molar-refractivity contribution in [2.24, 2.45) is 0 Å². The molecular formula is C13H21ClO2. The van der Waals surface area contributed by atoms with Gasteiger partial charge in [-0.15, -0.1) is 0 Å². The summed E-state index contributed by atoms with van der Waals surface area (Å²) in [6.45, 7) is 9.57. The van der Waals surface area contributed by atoms with E-state index in [4.69, 9.17) is 16.3 Å². The number of benzene rings is 1. The number of rotatable bonds is 2. The minimum absolute atomic E-state index is 0.568. The maximum absolute atomic E-state index is 9.54. The first-order valence-electron chi connectivity index (χ1n) is 5.50. The standard InChI is InChI=1S/C11H15ClO2.C2H6/c1-6-7(2)11(14-4)9(8(3)13)5-10(6)12;1-2/h5,8,13H,1-4H3;1-2H3. The van der Waals surface area contributed by atoms with Crippen LogP contribution in [0.15, 0.2) is 6.07 Å². The Morgan fingerprint density at radius 1 is 1.25 bits per heavy atom. The van der Waals surface area contributed by atoms with Gasteiger partial charge in [0.15, 0.2) is 0 Å². The predicted octanol–water partition coefficient (Wildman–Crippen LogP) is 4.04. The van der Waals surface area contributed by atoms with Gasteiger partial charge in [0.2, 0.25) is 0 Å². The van der Waals surface area contributed by atoms with Crippen molar-refractivity contribution in [3.63, 3.8) is 0 Å². The smallest absolute Gasteiger partial charge is 0.127 e. The SMILES string of the molecule is CC.COc1c(C(C)O)cc(Cl)c(C)c1C. The minimum atomic E-state index is -0.568. The number of ether oxygens (including phenoxy) is 1. The molecule has 0 saturated heterocycles. The van der Waals surface area contributed by atoms with Crippen molar-refractivity contribution in [2.45, 2.75) is 40.7 Å². The maximum atomic E-state index is 9.54. The lowest BCUT2D eigenvalue weighted by molar-refractivity contribution is 0.194. The van der Waals surface area contributed by atoms with Crippen molar-refractivity contribution in [3.8, 4) is 5.75 Å². The van der Waals surface area contributed by atoms with Crippen LogP contribution in [0.25, 0.3) is 0 Å². The van der Waals surface area contributed by atoms with Gasteiger partial charge in [0.25, 0.3) is 0 Å². The quantitative estimate of drug-likeness (QED) is 0.851. The average Bonchev–Trinajstić information content (AvgIpc) is 2.28. The lowest BCUT2D eigenvalue weighted by Crippen LogP contribution is -2.00. The van der Waals surface area contributed by atoms with Gasteiger partial charge in [-0.25, -0.2) is 0 Å². The third kappa shape index (κ3) is 3.13. The molecule has 1 aromatic carbocycles. The van der Waals surface area contributed by atoms with Crippen LogP contribution in [0.5, 0.6) is 5.75 Å². The Bertz CT molecular complexity index is 346. The highest BCUT2D eigenvalue weighted by Crippen LogP contribution is 2.34. The van der Waals surface area contributed by atoms with Crippen LogP contribution in [0.1, 0.15) is 43.6 Å². The van der Waals surface area contributed by atoms with E-state index in [2.05, 4.69) is 0 Å². The molecule has 1 rings (SSSR count). The fourth-order valence-electron chi connectivity index (χ4n) is 1.46. The summed E-state index contributed by atoms with van der Waals surface area (Å²) < 4.78 is 5.25. The van der Waals surface area contributed by atoms with Gasteiger partial charge in [0, 0.05) is 10.6 Å². The van der Waals surface area contributed by atoms with Crippen LogP contribution in [0.4, 0.5) is 0 Å². The molecule has 0 amide bonds. The molecule has 0 aromatic heterocycles. The predicted molar refractivity (Wildman–Crippen MR) is 69.5 cm³/mol. The third-order valence-electron chi connectivity index (χ3n) is 2.46.